The highest BCUT2D eigenvalue weighted by Crippen LogP contribution is 2.20. The van der Waals surface area contributed by atoms with E-state index in [1.54, 1.807) is 23.1 Å². The van der Waals surface area contributed by atoms with Gasteiger partial charge in [0, 0.05) is 24.2 Å². The quantitative estimate of drug-likeness (QED) is 0.385. The molecule has 1 aromatic heterocycles. The maximum atomic E-state index is 12.7. The van der Waals surface area contributed by atoms with Crippen molar-refractivity contribution < 1.29 is 9.53 Å². The molecule has 4 rings (SSSR count). The SMILES string of the molecule is Cc1cc(N=CC(=NN)c2cc3ccccc3[nH]c2=O)ccc1C(=O)N1CCOCC1. The van der Waals surface area contributed by atoms with Crippen LogP contribution in [0, 0.1) is 6.92 Å². The normalized spacial score (nSPS) is 15.0. The van der Waals surface area contributed by atoms with E-state index in [0.717, 1.165) is 16.5 Å². The second kappa shape index (κ2) is 8.93. The van der Waals surface area contributed by atoms with Gasteiger partial charge in [-0.3, -0.25) is 14.6 Å². The number of aliphatic imine (C=N–C) groups is 1. The molecule has 0 spiro atoms. The van der Waals surface area contributed by atoms with Gasteiger partial charge in [-0.1, -0.05) is 18.2 Å². The van der Waals surface area contributed by atoms with Gasteiger partial charge in [-0.15, -0.1) is 0 Å². The Morgan fingerprint density at radius 1 is 1.13 bits per heavy atom. The van der Waals surface area contributed by atoms with Crippen LogP contribution in [0.5, 0.6) is 0 Å². The first kappa shape index (κ1) is 20.5. The van der Waals surface area contributed by atoms with Crippen LogP contribution < -0.4 is 11.4 Å². The number of hydrogen-bond donors (Lipinski definition) is 2. The van der Waals surface area contributed by atoms with E-state index >= 15 is 0 Å². The van der Waals surface area contributed by atoms with Crippen molar-refractivity contribution in [2.24, 2.45) is 15.9 Å². The van der Waals surface area contributed by atoms with Crippen molar-refractivity contribution in [2.75, 3.05) is 26.3 Å². The minimum absolute atomic E-state index is 0.0109. The maximum absolute atomic E-state index is 12.7. The molecular weight excluding hydrogens is 394 g/mol. The van der Waals surface area contributed by atoms with Gasteiger partial charge in [0.1, 0.15) is 5.71 Å². The number of aromatic amines is 1. The van der Waals surface area contributed by atoms with E-state index in [1.807, 2.05) is 37.3 Å². The lowest BCUT2D eigenvalue weighted by molar-refractivity contribution is 0.0302. The summed E-state index contributed by atoms with van der Waals surface area (Å²) in [6.07, 6.45) is 1.46. The van der Waals surface area contributed by atoms with Gasteiger partial charge in [0.2, 0.25) is 0 Å². The summed E-state index contributed by atoms with van der Waals surface area (Å²) in [5.74, 6) is 5.53. The largest absolute Gasteiger partial charge is 0.378 e. The molecule has 1 amide bonds. The topological polar surface area (TPSA) is 113 Å². The summed E-state index contributed by atoms with van der Waals surface area (Å²) in [5, 5.41) is 4.61. The zero-order valence-corrected chi connectivity index (χ0v) is 17.2. The second-order valence-electron chi connectivity index (χ2n) is 7.28. The Morgan fingerprint density at radius 2 is 1.90 bits per heavy atom. The van der Waals surface area contributed by atoms with Crippen molar-refractivity contribution in [3.8, 4) is 0 Å². The smallest absolute Gasteiger partial charge is 0.258 e. The molecule has 8 nitrogen and oxygen atoms in total. The highest BCUT2D eigenvalue weighted by atomic mass is 16.5. The molecule has 0 unspecified atom stereocenters. The molecule has 1 aliphatic heterocycles. The summed E-state index contributed by atoms with van der Waals surface area (Å²) in [5.41, 5.74) is 3.13. The number of pyridine rings is 1. The van der Waals surface area contributed by atoms with Gasteiger partial charge < -0.3 is 20.5 Å². The molecular formula is C23H23N5O3. The number of H-pyrrole nitrogens is 1. The standard InChI is InChI=1S/C23H23N5O3/c1-15-12-17(6-7-18(15)23(30)28-8-10-31-11-9-28)25-14-21(27-24)19-13-16-4-2-3-5-20(16)26-22(19)29/h2-7,12-14H,8-11,24H2,1H3,(H,26,29). The van der Waals surface area contributed by atoms with E-state index < -0.39 is 0 Å². The van der Waals surface area contributed by atoms with Gasteiger partial charge in [-0.25, -0.2) is 0 Å². The second-order valence-corrected chi connectivity index (χ2v) is 7.28. The number of nitrogens with one attached hydrogen (secondary N) is 1. The first-order valence-corrected chi connectivity index (χ1v) is 9.99. The molecule has 3 N–H and O–H groups in total. The van der Waals surface area contributed by atoms with E-state index in [2.05, 4.69) is 15.1 Å². The number of para-hydroxylation sites is 1. The number of benzene rings is 2. The summed E-state index contributed by atoms with van der Waals surface area (Å²) in [6, 6.07) is 14.6. The fourth-order valence-electron chi connectivity index (χ4n) is 3.55. The zero-order chi connectivity index (χ0) is 21.8. The van der Waals surface area contributed by atoms with Crippen molar-refractivity contribution in [1.29, 1.82) is 0 Å². The lowest BCUT2D eigenvalue weighted by Gasteiger charge is -2.27. The minimum atomic E-state index is -0.294. The fourth-order valence-corrected chi connectivity index (χ4v) is 3.55. The van der Waals surface area contributed by atoms with Gasteiger partial charge in [0.25, 0.3) is 11.5 Å². The van der Waals surface area contributed by atoms with Crippen molar-refractivity contribution in [1.82, 2.24) is 9.88 Å². The van der Waals surface area contributed by atoms with Gasteiger partial charge in [-0.05, 0) is 48.2 Å². The van der Waals surface area contributed by atoms with Crippen LogP contribution in [0.4, 0.5) is 5.69 Å². The molecule has 0 bridgehead atoms. The van der Waals surface area contributed by atoms with Gasteiger partial charge in [0.15, 0.2) is 0 Å². The van der Waals surface area contributed by atoms with Gasteiger partial charge in [0.05, 0.1) is 30.7 Å². The Kier molecular flexibility index (Phi) is 5.90. The average molecular weight is 417 g/mol. The molecule has 0 aliphatic carbocycles. The number of carbonyl (C=O) groups is 1. The number of fused-ring (bicyclic) bond motifs is 1. The number of amides is 1. The molecule has 2 aromatic carbocycles. The van der Waals surface area contributed by atoms with Gasteiger partial charge >= 0.3 is 0 Å². The first-order valence-electron chi connectivity index (χ1n) is 9.99. The third kappa shape index (κ3) is 4.39. The number of carbonyl (C=O) groups excluding carboxylic acids is 1. The van der Waals surface area contributed by atoms with Crippen LogP contribution >= 0.6 is 0 Å². The molecule has 1 fully saturated rings. The van der Waals surface area contributed by atoms with Crippen molar-refractivity contribution in [3.05, 3.63) is 75.6 Å². The number of rotatable bonds is 4. The molecule has 1 saturated heterocycles. The van der Waals surface area contributed by atoms with Crippen LogP contribution in [-0.4, -0.2) is 54.0 Å². The molecule has 2 heterocycles. The van der Waals surface area contributed by atoms with Crippen molar-refractivity contribution >= 4 is 34.4 Å². The summed E-state index contributed by atoms with van der Waals surface area (Å²) in [7, 11) is 0. The Balaban J connectivity index is 1.57. The van der Waals surface area contributed by atoms with Crippen LogP contribution in [0.15, 0.2) is 63.4 Å². The maximum Gasteiger partial charge on any atom is 0.258 e. The van der Waals surface area contributed by atoms with Crippen LogP contribution in [-0.2, 0) is 4.74 Å². The molecule has 0 saturated carbocycles. The predicted molar refractivity (Wildman–Crippen MR) is 121 cm³/mol. The van der Waals surface area contributed by atoms with E-state index in [4.69, 9.17) is 10.6 Å². The number of nitrogens with zero attached hydrogens (tertiary/aromatic N) is 3. The Bertz CT molecular complexity index is 1240. The lowest BCUT2D eigenvalue weighted by Crippen LogP contribution is -2.40. The number of hydrogen-bond acceptors (Lipinski definition) is 6. The fraction of sp³-hybridized carbons (Fsp3) is 0.217. The monoisotopic (exact) mass is 417 g/mol. The predicted octanol–water partition coefficient (Wildman–Crippen LogP) is 2.37. The van der Waals surface area contributed by atoms with Crippen LogP contribution in [0.2, 0.25) is 0 Å². The first-order chi connectivity index (χ1) is 15.1. The van der Waals surface area contributed by atoms with Crippen molar-refractivity contribution in [3.63, 3.8) is 0 Å². The van der Waals surface area contributed by atoms with E-state index in [9.17, 15) is 9.59 Å². The van der Waals surface area contributed by atoms with Gasteiger partial charge in [-0.2, -0.15) is 5.10 Å². The van der Waals surface area contributed by atoms with Crippen LogP contribution in [0.3, 0.4) is 0 Å². The zero-order valence-electron chi connectivity index (χ0n) is 17.2. The molecule has 31 heavy (non-hydrogen) atoms. The summed E-state index contributed by atoms with van der Waals surface area (Å²) < 4.78 is 5.31. The van der Waals surface area contributed by atoms with Crippen LogP contribution in [0.1, 0.15) is 21.5 Å². The van der Waals surface area contributed by atoms with E-state index in [0.29, 0.717) is 43.1 Å². The Morgan fingerprint density at radius 3 is 2.65 bits per heavy atom. The molecule has 8 heteroatoms. The Labute approximate surface area is 179 Å². The summed E-state index contributed by atoms with van der Waals surface area (Å²) >= 11 is 0. The number of morpholine rings is 1. The molecule has 3 aromatic rings. The third-order valence-electron chi connectivity index (χ3n) is 5.24. The van der Waals surface area contributed by atoms with E-state index in [1.165, 1.54) is 6.21 Å². The average Bonchev–Trinajstić information content (AvgIpc) is 2.80. The molecule has 0 atom stereocenters. The van der Waals surface area contributed by atoms with E-state index in [-0.39, 0.29) is 17.2 Å². The molecule has 158 valence electrons. The lowest BCUT2D eigenvalue weighted by atomic mass is 10.1. The van der Waals surface area contributed by atoms with Crippen molar-refractivity contribution in [2.45, 2.75) is 6.92 Å². The number of ether oxygens (including phenoxy) is 1. The number of aryl methyl sites for hydroxylation is 1. The number of aromatic nitrogens is 1. The summed E-state index contributed by atoms with van der Waals surface area (Å²) in [4.78, 5) is 34.2. The molecule has 1 aliphatic rings. The number of hydrazone groups is 1. The van der Waals surface area contributed by atoms with Crippen LogP contribution in [0.25, 0.3) is 10.9 Å². The molecule has 0 radical (unpaired) electrons. The highest BCUT2D eigenvalue weighted by molar-refractivity contribution is 6.38. The Hall–Kier alpha value is -3.78. The third-order valence-corrected chi connectivity index (χ3v) is 5.24. The minimum Gasteiger partial charge on any atom is -0.378 e. The highest BCUT2D eigenvalue weighted by Gasteiger charge is 2.20. The summed E-state index contributed by atoms with van der Waals surface area (Å²) in [6.45, 7) is 4.17. The number of nitrogens with two attached hydrogens (primary N) is 1.